The van der Waals surface area contributed by atoms with Crippen molar-refractivity contribution in [3.8, 4) is 0 Å². The average Bonchev–Trinajstić information content (AvgIpc) is 4.22. The Bertz CT molecular complexity index is 2390. The second kappa shape index (κ2) is 19.2. The number of hydrogen-bond acceptors (Lipinski definition) is 13. The number of aliphatic hydroxyl groups excluding tert-OH is 7. The van der Waals surface area contributed by atoms with Crippen LogP contribution in [-0.4, -0.2) is 117 Å². The van der Waals surface area contributed by atoms with E-state index in [4.69, 9.17) is 14.2 Å². The quantitative estimate of drug-likeness (QED) is 0.0934. The van der Waals surface area contributed by atoms with Crippen molar-refractivity contribution in [2.45, 2.75) is 83.4 Å². The SMILES string of the molecule is CC(=O)OC[C@@]12C=C[C@H](O)C1C1C=CC2C1.CC(=O)OC[C@]12C=C[C@@H](OC(C)=O)C1C1C=CC2C1.OC[C@@]12C=C[C@H](O)C1C1C=CC2C1.OC[C@@]12C=C[C@H](O)C1C1C=CC2C1.OC[C@]12C=C[C@@H](O)C1C1C=CC2C1. The highest BCUT2D eigenvalue weighted by molar-refractivity contribution is 5.67. The molecule has 74 heavy (non-hydrogen) atoms. The van der Waals surface area contributed by atoms with E-state index in [1.54, 1.807) is 0 Å². The van der Waals surface area contributed by atoms with E-state index < -0.39 is 0 Å². The summed E-state index contributed by atoms with van der Waals surface area (Å²) >= 11 is 0. The predicted molar refractivity (Wildman–Crippen MR) is 273 cm³/mol. The highest BCUT2D eigenvalue weighted by Gasteiger charge is 2.63. The van der Waals surface area contributed by atoms with Gasteiger partial charge in [0.05, 0.1) is 44.2 Å². The lowest BCUT2D eigenvalue weighted by atomic mass is 9.70. The van der Waals surface area contributed by atoms with Gasteiger partial charge in [-0.05, 0) is 97.4 Å². The Morgan fingerprint density at radius 1 is 0.378 bits per heavy atom. The summed E-state index contributed by atoms with van der Waals surface area (Å²) in [5.41, 5.74) is -0.688. The van der Waals surface area contributed by atoms with Gasteiger partial charge in [0.2, 0.25) is 0 Å². The van der Waals surface area contributed by atoms with Gasteiger partial charge >= 0.3 is 17.9 Å². The van der Waals surface area contributed by atoms with Gasteiger partial charge < -0.3 is 50.0 Å². The third-order valence-electron chi connectivity index (χ3n) is 21.5. The molecule has 13 nitrogen and oxygen atoms in total. The van der Waals surface area contributed by atoms with E-state index in [0.29, 0.717) is 72.4 Å². The summed E-state index contributed by atoms with van der Waals surface area (Å²) in [5.74, 6) is 4.91. The highest BCUT2D eigenvalue weighted by Crippen LogP contribution is 2.65. The van der Waals surface area contributed by atoms with E-state index in [1.165, 1.54) is 20.8 Å². The van der Waals surface area contributed by atoms with Crippen LogP contribution in [0.2, 0.25) is 0 Å². The maximum Gasteiger partial charge on any atom is 0.303 e. The fraction of sp³-hybridized carbons (Fsp3) is 0.623. The van der Waals surface area contributed by atoms with E-state index in [1.807, 2.05) is 48.6 Å². The number of rotatable bonds is 8. The number of carbonyl (C=O) groups is 3. The van der Waals surface area contributed by atoms with Crippen molar-refractivity contribution in [3.05, 3.63) is 122 Å². The molecule has 0 aromatic rings. The maximum absolute atomic E-state index is 11.2. The Hall–Kier alpha value is -4.47. The second-order valence-corrected chi connectivity index (χ2v) is 24.5. The van der Waals surface area contributed by atoms with Crippen molar-refractivity contribution in [1.82, 2.24) is 0 Å². The van der Waals surface area contributed by atoms with Gasteiger partial charge in [0.1, 0.15) is 19.3 Å². The molecule has 7 N–H and O–H groups in total. The van der Waals surface area contributed by atoms with Crippen molar-refractivity contribution >= 4 is 17.9 Å². The first-order chi connectivity index (χ1) is 35.5. The Morgan fingerprint density at radius 2 is 0.649 bits per heavy atom. The maximum atomic E-state index is 11.2. The molecule has 10 bridgehead atoms. The Kier molecular flexibility index (Phi) is 13.4. The molecule has 15 aliphatic rings. The van der Waals surface area contributed by atoms with Gasteiger partial charge in [0.15, 0.2) is 0 Å². The second-order valence-electron chi connectivity index (χ2n) is 24.5. The zero-order chi connectivity index (χ0) is 52.1. The molecular weight excluding hydrogens is 941 g/mol. The van der Waals surface area contributed by atoms with Crippen LogP contribution < -0.4 is 0 Å². The first kappa shape index (κ1) is 51.6. The monoisotopic (exact) mass is 1020 g/mol. The molecule has 398 valence electrons. The molecule has 15 unspecified atom stereocenters. The average molecular weight is 1020 g/mol. The lowest BCUT2D eigenvalue weighted by Crippen LogP contribution is -2.40. The zero-order valence-corrected chi connectivity index (χ0v) is 42.7. The van der Waals surface area contributed by atoms with Crippen LogP contribution in [0.25, 0.3) is 0 Å². The number of esters is 3. The van der Waals surface area contributed by atoms with Crippen LogP contribution in [0, 0.1) is 116 Å². The van der Waals surface area contributed by atoms with Gasteiger partial charge in [0.25, 0.3) is 0 Å². The van der Waals surface area contributed by atoms with E-state index in [0.717, 1.165) is 32.1 Å². The van der Waals surface area contributed by atoms with E-state index in [-0.39, 0.29) is 125 Å². The number of hydrogen-bond donors (Lipinski definition) is 7. The van der Waals surface area contributed by atoms with Crippen LogP contribution >= 0.6 is 0 Å². The molecule has 0 spiro atoms. The molecule has 0 amide bonds. The number of carbonyl (C=O) groups excluding carboxylic acids is 3. The number of fused-ring (bicyclic) bond motifs is 25. The van der Waals surface area contributed by atoms with Crippen LogP contribution in [0.15, 0.2) is 122 Å². The summed E-state index contributed by atoms with van der Waals surface area (Å²) in [5, 5.41) is 67.8. The molecule has 0 radical (unpaired) electrons. The normalized spacial score (nSPS) is 50.5. The van der Waals surface area contributed by atoms with E-state index in [9.17, 15) is 50.1 Å². The molecule has 25 atom stereocenters. The minimum Gasteiger partial charge on any atom is -0.465 e. The topological polar surface area (TPSA) is 221 Å². The van der Waals surface area contributed by atoms with Gasteiger partial charge in [0, 0.05) is 77.4 Å². The van der Waals surface area contributed by atoms with Gasteiger partial charge in [-0.15, -0.1) is 0 Å². The lowest BCUT2D eigenvalue weighted by Gasteiger charge is -2.37. The minimum atomic E-state index is -0.379. The van der Waals surface area contributed by atoms with Crippen LogP contribution in [-0.2, 0) is 28.6 Å². The standard InChI is InChI=1S/C15H18O4.C13H16O3.3C11H14O2/c1-9(16)18-8-15-6-5-13(19-10(2)17)14(15)11-3-4-12(15)7-11;1-8(14)16-7-13-5-4-11(15)12(13)9-2-3-10(13)6-9;3*12-6-11-4-3-9(13)10(11)7-1-2-8(11)5-7/h3-6,11-14H,7-8H2,1-2H3;2-5,9-12,15H,6-7H2,1H3;3*1-4,7-10,12-13H,5-6H2/t11?,12?,13-,14?,15+;9?,10?,11-,12?,13+;3*7?,8?,9-,10?,11+/m10100/s1. The Morgan fingerprint density at radius 3 is 0.946 bits per heavy atom. The fourth-order valence-electron chi connectivity index (χ4n) is 18.3. The molecule has 0 aromatic carbocycles. The molecule has 5 saturated carbocycles. The summed E-state index contributed by atoms with van der Waals surface area (Å²) in [6.07, 6.45) is 45.7. The number of ether oxygens (including phenoxy) is 3. The highest BCUT2D eigenvalue weighted by atomic mass is 16.5. The van der Waals surface area contributed by atoms with Crippen LogP contribution in [0.5, 0.6) is 0 Å². The third-order valence-corrected chi connectivity index (χ3v) is 21.5. The fourth-order valence-corrected chi connectivity index (χ4v) is 18.3. The van der Waals surface area contributed by atoms with Gasteiger partial charge in [-0.25, -0.2) is 0 Å². The molecule has 5 fully saturated rings. The molecule has 15 rings (SSSR count). The summed E-state index contributed by atoms with van der Waals surface area (Å²) in [6, 6.07) is 0. The van der Waals surface area contributed by atoms with Crippen molar-refractivity contribution < 1.29 is 64.3 Å². The molecule has 13 heteroatoms. The first-order valence-electron chi connectivity index (χ1n) is 27.4. The van der Waals surface area contributed by atoms with Gasteiger partial charge in [-0.2, -0.15) is 0 Å². The minimum absolute atomic E-state index is 0.126. The summed E-state index contributed by atoms with van der Waals surface area (Å²) < 4.78 is 15.9. The van der Waals surface area contributed by atoms with Crippen molar-refractivity contribution in [3.63, 3.8) is 0 Å². The Balaban J connectivity index is 0.000000100. The number of aliphatic hydroxyl groups is 7. The van der Waals surface area contributed by atoms with Crippen molar-refractivity contribution in [1.29, 1.82) is 0 Å². The molecule has 0 aliphatic heterocycles. The van der Waals surface area contributed by atoms with Crippen molar-refractivity contribution in [2.75, 3.05) is 33.0 Å². The summed E-state index contributed by atoms with van der Waals surface area (Å²) in [6.45, 7) is 5.62. The zero-order valence-electron chi connectivity index (χ0n) is 42.7. The molecule has 0 heterocycles. The molecule has 15 aliphatic carbocycles. The molecular formula is C61H76O13. The first-order valence-corrected chi connectivity index (χ1v) is 27.4. The van der Waals surface area contributed by atoms with E-state index >= 15 is 0 Å². The van der Waals surface area contributed by atoms with E-state index in [2.05, 4.69) is 72.9 Å². The van der Waals surface area contributed by atoms with Crippen LogP contribution in [0.1, 0.15) is 52.9 Å². The molecule has 0 saturated heterocycles. The Labute approximate surface area is 434 Å². The van der Waals surface area contributed by atoms with Gasteiger partial charge in [-0.3, -0.25) is 14.4 Å². The molecule has 0 aromatic heterocycles. The van der Waals surface area contributed by atoms with Crippen molar-refractivity contribution in [2.24, 2.45) is 116 Å². The summed E-state index contributed by atoms with van der Waals surface area (Å²) in [4.78, 5) is 33.3. The smallest absolute Gasteiger partial charge is 0.303 e. The third kappa shape index (κ3) is 7.82. The van der Waals surface area contributed by atoms with Crippen LogP contribution in [0.4, 0.5) is 0 Å². The summed E-state index contributed by atoms with van der Waals surface area (Å²) in [7, 11) is 0. The lowest BCUT2D eigenvalue weighted by molar-refractivity contribution is -0.152. The number of allylic oxidation sites excluding steroid dienone is 10. The largest absolute Gasteiger partial charge is 0.465 e. The predicted octanol–water partition coefficient (Wildman–Crippen LogP) is 5.30. The van der Waals surface area contributed by atoms with Gasteiger partial charge in [-0.1, -0.05) is 115 Å². The van der Waals surface area contributed by atoms with Crippen LogP contribution in [0.3, 0.4) is 0 Å².